The van der Waals surface area contributed by atoms with Gasteiger partial charge in [0.05, 0.1) is 18.4 Å². The summed E-state index contributed by atoms with van der Waals surface area (Å²) in [5.74, 6) is 3.41. The molecule has 0 aliphatic rings. The fourth-order valence-electron chi connectivity index (χ4n) is 2.38. The van der Waals surface area contributed by atoms with Crippen LogP contribution in [0.2, 0.25) is 0 Å². The van der Waals surface area contributed by atoms with Crippen molar-refractivity contribution < 1.29 is 8.83 Å². The summed E-state index contributed by atoms with van der Waals surface area (Å²) in [4.78, 5) is 13.1. The number of nitrogens with zero attached hydrogens (tertiary/aromatic N) is 3. The van der Waals surface area contributed by atoms with Gasteiger partial charge in [-0.15, -0.1) is 24.0 Å². The molecule has 0 radical (unpaired) electrons. The summed E-state index contributed by atoms with van der Waals surface area (Å²) >= 11 is 0. The highest BCUT2D eigenvalue weighted by Gasteiger charge is 2.08. The quantitative estimate of drug-likeness (QED) is 0.316. The third-order valence-electron chi connectivity index (χ3n) is 3.81. The number of rotatable bonds is 6. The van der Waals surface area contributed by atoms with E-state index in [4.69, 9.17) is 8.83 Å². The molecule has 0 aliphatic carbocycles. The van der Waals surface area contributed by atoms with Crippen LogP contribution < -0.4 is 10.6 Å². The smallest absolute Gasteiger partial charge is 0.216 e. The Hall–Kier alpha value is -2.36. The number of aryl methyl sites for hydroxylation is 2. The number of oxazole rings is 2. The second-order valence-corrected chi connectivity index (χ2v) is 5.78. The third kappa shape index (κ3) is 5.81. The second-order valence-electron chi connectivity index (χ2n) is 5.78. The number of aromatic nitrogens is 2. The average molecular weight is 481 g/mol. The van der Waals surface area contributed by atoms with Gasteiger partial charge in [-0.2, -0.15) is 0 Å². The van der Waals surface area contributed by atoms with Crippen LogP contribution in [0.3, 0.4) is 0 Å². The van der Waals surface area contributed by atoms with Crippen LogP contribution in [-0.2, 0) is 13.1 Å². The van der Waals surface area contributed by atoms with Crippen LogP contribution in [0.1, 0.15) is 30.2 Å². The van der Waals surface area contributed by atoms with Gasteiger partial charge in [-0.25, -0.2) is 15.0 Å². The monoisotopic (exact) mass is 481 g/mol. The van der Waals surface area contributed by atoms with Crippen molar-refractivity contribution in [3.63, 3.8) is 0 Å². The largest absolute Gasteiger partial charge is 0.444 e. The normalized spacial score (nSPS) is 11.1. The van der Waals surface area contributed by atoms with E-state index in [2.05, 4.69) is 25.6 Å². The fourth-order valence-corrected chi connectivity index (χ4v) is 2.38. The van der Waals surface area contributed by atoms with Crippen LogP contribution in [0.25, 0.3) is 11.3 Å². The Balaban J connectivity index is 0.00000261. The van der Waals surface area contributed by atoms with E-state index in [9.17, 15) is 0 Å². The maximum Gasteiger partial charge on any atom is 0.216 e. The van der Waals surface area contributed by atoms with Gasteiger partial charge in [-0.05, 0) is 20.8 Å². The third-order valence-corrected chi connectivity index (χ3v) is 3.81. The van der Waals surface area contributed by atoms with Crippen molar-refractivity contribution in [2.45, 2.75) is 33.9 Å². The Kier molecular flexibility index (Phi) is 7.83. The van der Waals surface area contributed by atoms with Crippen molar-refractivity contribution in [1.29, 1.82) is 0 Å². The van der Waals surface area contributed by atoms with E-state index >= 15 is 0 Å². The Labute approximate surface area is 175 Å². The van der Waals surface area contributed by atoms with Gasteiger partial charge in [-0.3, -0.25) is 0 Å². The van der Waals surface area contributed by atoms with Gasteiger partial charge >= 0.3 is 0 Å². The van der Waals surface area contributed by atoms with E-state index in [-0.39, 0.29) is 24.0 Å². The number of benzene rings is 1. The summed E-state index contributed by atoms with van der Waals surface area (Å²) < 4.78 is 11.3. The molecule has 0 saturated heterocycles. The minimum Gasteiger partial charge on any atom is -0.444 e. The fraction of sp³-hybridized carbons (Fsp3) is 0.316. The maximum absolute atomic E-state index is 5.79. The van der Waals surface area contributed by atoms with Gasteiger partial charge in [0, 0.05) is 12.1 Å². The maximum atomic E-state index is 5.79. The van der Waals surface area contributed by atoms with Crippen molar-refractivity contribution >= 4 is 29.9 Å². The topological polar surface area (TPSA) is 88.5 Å². The first-order chi connectivity index (χ1) is 12.7. The minimum absolute atomic E-state index is 0. The molecule has 0 fully saturated rings. The molecule has 27 heavy (non-hydrogen) atoms. The van der Waals surface area contributed by atoms with Crippen molar-refractivity contribution in [1.82, 2.24) is 20.6 Å². The van der Waals surface area contributed by atoms with Gasteiger partial charge in [-0.1, -0.05) is 30.3 Å². The van der Waals surface area contributed by atoms with Crippen LogP contribution in [-0.4, -0.2) is 22.5 Å². The second kappa shape index (κ2) is 10.1. The van der Waals surface area contributed by atoms with Crippen LogP contribution >= 0.6 is 24.0 Å². The molecule has 3 rings (SSSR count). The number of guanidine groups is 1. The van der Waals surface area contributed by atoms with Crippen molar-refractivity contribution in [3.8, 4) is 11.3 Å². The first kappa shape index (κ1) is 20.9. The molecule has 0 aliphatic heterocycles. The Morgan fingerprint density at radius 3 is 2.52 bits per heavy atom. The number of nitrogens with one attached hydrogen (secondary N) is 2. The molecule has 3 aromatic rings. The molecule has 144 valence electrons. The first-order valence-electron chi connectivity index (χ1n) is 8.61. The number of hydrogen-bond donors (Lipinski definition) is 2. The van der Waals surface area contributed by atoms with Gasteiger partial charge in [0.2, 0.25) is 11.8 Å². The average Bonchev–Trinajstić information content (AvgIpc) is 3.25. The minimum atomic E-state index is 0. The molecule has 0 atom stereocenters. The highest BCUT2D eigenvalue weighted by atomic mass is 127. The summed E-state index contributed by atoms with van der Waals surface area (Å²) in [6, 6.07) is 9.89. The summed E-state index contributed by atoms with van der Waals surface area (Å²) in [7, 11) is 0. The molecule has 0 unspecified atom stereocenters. The highest BCUT2D eigenvalue weighted by molar-refractivity contribution is 14.0. The Morgan fingerprint density at radius 1 is 1.07 bits per heavy atom. The molecular formula is C19H24IN5O2. The molecule has 2 aromatic heterocycles. The molecular weight excluding hydrogens is 457 g/mol. The summed E-state index contributed by atoms with van der Waals surface area (Å²) in [6.07, 6.45) is 1.73. The lowest BCUT2D eigenvalue weighted by Crippen LogP contribution is -2.36. The van der Waals surface area contributed by atoms with Crippen LogP contribution in [0.15, 0.2) is 50.4 Å². The zero-order chi connectivity index (χ0) is 18.4. The van der Waals surface area contributed by atoms with Crippen LogP contribution in [0, 0.1) is 13.8 Å². The SMILES string of the molecule is CCNC(=NCc1nc(C)c(C)o1)NCc1ncc(-c2ccccc2)o1.I. The molecule has 7 nitrogen and oxygen atoms in total. The first-order valence-corrected chi connectivity index (χ1v) is 8.61. The van der Waals surface area contributed by atoms with E-state index in [1.165, 1.54) is 0 Å². The summed E-state index contributed by atoms with van der Waals surface area (Å²) in [5, 5.41) is 6.39. The van der Waals surface area contributed by atoms with E-state index in [1.54, 1.807) is 6.20 Å². The zero-order valence-electron chi connectivity index (χ0n) is 15.7. The number of hydrogen-bond acceptors (Lipinski definition) is 5. The van der Waals surface area contributed by atoms with Gasteiger partial charge in [0.1, 0.15) is 12.3 Å². The Bertz CT molecular complexity index is 854. The summed E-state index contributed by atoms with van der Waals surface area (Å²) in [6.45, 7) is 7.37. The molecule has 1 aromatic carbocycles. The standard InChI is InChI=1S/C19H23N5O2.HI/c1-4-20-19(23-12-18-24-13(2)14(3)25-18)22-11-17-21-10-16(26-17)15-8-6-5-7-9-15;/h5-10H,4,11-12H2,1-3H3,(H2,20,22,23);1H. The van der Waals surface area contributed by atoms with Crippen LogP contribution in [0.5, 0.6) is 0 Å². The Morgan fingerprint density at radius 2 is 1.85 bits per heavy atom. The molecule has 2 heterocycles. The molecule has 2 N–H and O–H groups in total. The van der Waals surface area contributed by atoms with E-state index in [0.717, 1.165) is 29.3 Å². The predicted molar refractivity (Wildman–Crippen MR) is 115 cm³/mol. The molecule has 0 amide bonds. The van der Waals surface area contributed by atoms with Crippen molar-refractivity contribution in [2.75, 3.05) is 6.54 Å². The van der Waals surface area contributed by atoms with E-state index in [0.29, 0.717) is 30.8 Å². The van der Waals surface area contributed by atoms with Gasteiger partial charge in [0.15, 0.2) is 11.7 Å². The predicted octanol–water partition coefficient (Wildman–Crippen LogP) is 3.82. The van der Waals surface area contributed by atoms with Gasteiger partial charge in [0.25, 0.3) is 0 Å². The number of halogens is 1. The van der Waals surface area contributed by atoms with Crippen molar-refractivity contribution in [3.05, 3.63) is 59.8 Å². The van der Waals surface area contributed by atoms with Gasteiger partial charge < -0.3 is 19.5 Å². The van der Waals surface area contributed by atoms with Crippen LogP contribution in [0.4, 0.5) is 0 Å². The lowest BCUT2D eigenvalue weighted by atomic mass is 10.2. The number of aliphatic imine (C=N–C) groups is 1. The van der Waals surface area contributed by atoms with Crippen molar-refractivity contribution in [2.24, 2.45) is 4.99 Å². The molecule has 8 heteroatoms. The lowest BCUT2D eigenvalue weighted by Gasteiger charge is -2.09. The molecule has 0 spiro atoms. The molecule has 0 saturated carbocycles. The van der Waals surface area contributed by atoms with E-state index in [1.807, 2.05) is 51.1 Å². The summed E-state index contributed by atoms with van der Waals surface area (Å²) in [5.41, 5.74) is 1.89. The molecule has 0 bridgehead atoms. The zero-order valence-corrected chi connectivity index (χ0v) is 18.0. The van der Waals surface area contributed by atoms with E-state index < -0.39 is 0 Å². The lowest BCUT2D eigenvalue weighted by molar-refractivity contribution is 0.472. The highest BCUT2D eigenvalue weighted by Crippen LogP contribution is 2.19.